The molecule has 1 aliphatic rings. The lowest BCUT2D eigenvalue weighted by atomic mass is 10.1. The monoisotopic (exact) mass is 224 g/mol. The number of fused-ring (bicyclic) bond motifs is 1. The average molecular weight is 224 g/mol. The van der Waals surface area contributed by atoms with Crippen molar-refractivity contribution < 1.29 is 14.2 Å². The zero-order valence-corrected chi connectivity index (χ0v) is 9.82. The molecule has 1 aliphatic heterocycles. The molecule has 0 saturated heterocycles. The van der Waals surface area contributed by atoms with Gasteiger partial charge in [0, 0.05) is 24.3 Å². The van der Waals surface area contributed by atoms with Crippen LogP contribution in [0.2, 0.25) is 0 Å². The second-order valence-electron chi connectivity index (χ2n) is 3.87. The standard InChI is InChI=1S/C11H18N3O2/c1-14-8-10(16-7-6-15-2)9-4-3-5-12-11(9)13-14/h8H,3-7H2,1-2H3,(H,12,13)/q+1. The highest BCUT2D eigenvalue weighted by atomic mass is 16.5. The van der Waals surface area contributed by atoms with Gasteiger partial charge in [0.05, 0.1) is 6.61 Å². The number of hydrogen-bond donors (Lipinski definition) is 1. The van der Waals surface area contributed by atoms with Crippen molar-refractivity contribution in [2.24, 2.45) is 7.05 Å². The molecule has 0 unspecified atom stereocenters. The van der Waals surface area contributed by atoms with Crippen molar-refractivity contribution in [3.05, 3.63) is 11.8 Å². The summed E-state index contributed by atoms with van der Waals surface area (Å²) in [5.41, 5.74) is 1.18. The summed E-state index contributed by atoms with van der Waals surface area (Å²) < 4.78 is 12.5. The van der Waals surface area contributed by atoms with Gasteiger partial charge in [0.2, 0.25) is 12.0 Å². The lowest BCUT2D eigenvalue weighted by Crippen LogP contribution is -2.35. The first-order chi connectivity index (χ1) is 7.81. The number of nitrogens with one attached hydrogen (secondary N) is 1. The molecule has 0 fully saturated rings. The van der Waals surface area contributed by atoms with Crippen LogP contribution in [0.1, 0.15) is 12.0 Å². The fourth-order valence-electron chi connectivity index (χ4n) is 1.83. The first-order valence-corrected chi connectivity index (χ1v) is 5.56. The van der Waals surface area contributed by atoms with Gasteiger partial charge in [0.1, 0.15) is 6.61 Å². The third kappa shape index (κ3) is 2.41. The van der Waals surface area contributed by atoms with E-state index in [2.05, 4.69) is 10.4 Å². The summed E-state index contributed by atoms with van der Waals surface area (Å²) in [6, 6.07) is 0. The van der Waals surface area contributed by atoms with E-state index in [4.69, 9.17) is 9.47 Å². The van der Waals surface area contributed by atoms with Gasteiger partial charge in [-0.15, -0.1) is 0 Å². The van der Waals surface area contributed by atoms with Gasteiger partial charge in [-0.05, 0) is 12.8 Å². The zero-order chi connectivity index (χ0) is 11.4. The molecule has 5 nitrogen and oxygen atoms in total. The Kier molecular flexibility index (Phi) is 3.56. The van der Waals surface area contributed by atoms with E-state index in [0.29, 0.717) is 13.2 Å². The second kappa shape index (κ2) is 5.12. The SMILES string of the molecule is COCCOc1c[n+](C)nc2c1CCCN2. The molecular formula is C11H18N3O2+. The average Bonchev–Trinajstić information content (AvgIpc) is 2.29. The van der Waals surface area contributed by atoms with E-state index in [1.165, 1.54) is 5.56 Å². The molecule has 0 atom stereocenters. The van der Waals surface area contributed by atoms with Gasteiger partial charge in [-0.1, -0.05) is 4.68 Å². The topological polar surface area (TPSA) is 47.3 Å². The molecule has 5 heteroatoms. The maximum Gasteiger partial charge on any atom is 0.238 e. The second-order valence-corrected chi connectivity index (χ2v) is 3.87. The van der Waals surface area contributed by atoms with Crippen LogP contribution in [-0.4, -0.2) is 32.0 Å². The van der Waals surface area contributed by atoms with Crippen LogP contribution in [0, 0.1) is 0 Å². The third-order valence-corrected chi connectivity index (χ3v) is 2.59. The number of nitrogens with zero attached hydrogens (tertiary/aromatic N) is 2. The number of ether oxygens (including phenoxy) is 2. The van der Waals surface area contributed by atoms with Gasteiger partial charge in [0.25, 0.3) is 0 Å². The number of aromatic nitrogens is 2. The number of aryl methyl sites for hydroxylation is 1. The lowest BCUT2D eigenvalue weighted by molar-refractivity contribution is -0.730. The van der Waals surface area contributed by atoms with E-state index < -0.39 is 0 Å². The van der Waals surface area contributed by atoms with Crippen molar-refractivity contribution in [1.82, 2.24) is 5.10 Å². The predicted molar refractivity (Wildman–Crippen MR) is 59.6 cm³/mol. The number of methoxy groups -OCH3 is 1. The van der Waals surface area contributed by atoms with Crippen LogP contribution in [0.25, 0.3) is 0 Å². The molecule has 0 aromatic carbocycles. The molecule has 2 heterocycles. The minimum atomic E-state index is 0.576. The summed E-state index contributed by atoms with van der Waals surface area (Å²) in [5.74, 6) is 1.86. The summed E-state index contributed by atoms with van der Waals surface area (Å²) >= 11 is 0. The maximum absolute atomic E-state index is 5.70. The predicted octanol–water partition coefficient (Wildman–Crippen LogP) is 0.289. The van der Waals surface area contributed by atoms with Gasteiger partial charge < -0.3 is 14.8 Å². The highest BCUT2D eigenvalue weighted by molar-refractivity contribution is 5.50. The normalized spacial score (nSPS) is 14.1. The van der Waals surface area contributed by atoms with Crippen molar-refractivity contribution in [3.63, 3.8) is 0 Å². The van der Waals surface area contributed by atoms with Crippen molar-refractivity contribution in [3.8, 4) is 5.75 Å². The minimum Gasteiger partial charge on any atom is -0.485 e. The molecule has 16 heavy (non-hydrogen) atoms. The fourth-order valence-corrected chi connectivity index (χ4v) is 1.83. The molecule has 1 N–H and O–H groups in total. The van der Waals surface area contributed by atoms with Gasteiger partial charge in [-0.25, -0.2) is 0 Å². The summed E-state index contributed by atoms with van der Waals surface area (Å²) in [4.78, 5) is 0. The molecule has 0 saturated carbocycles. The number of anilines is 1. The van der Waals surface area contributed by atoms with Crippen LogP contribution in [-0.2, 0) is 18.2 Å². The largest absolute Gasteiger partial charge is 0.485 e. The fraction of sp³-hybridized carbons (Fsp3) is 0.636. The Morgan fingerprint density at radius 2 is 2.38 bits per heavy atom. The Labute approximate surface area is 95.4 Å². The van der Waals surface area contributed by atoms with Crippen molar-refractivity contribution in [1.29, 1.82) is 0 Å². The summed E-state index contributed by atoms with van der Waals surface area (Å²) in [6.45, 7) is 2.17. The zero-order valence-electron chi connectivity index (χ0n) is 9.82. The van der Waals surface area contributed by atoms with E-state index in [1.807, 2.05) is 13.2 Å². The van der Waals surface area contributed by atoms with Crippen LogP contribution in [0.4, 0.5) is 5.82 Å². The summed E-state index contributed by atoms with van der Waals surface area (Å²) in [5, 5.41) is 7.69. The van der Waals surface area contributed by atoms with Crippen molar-refractivity contribution in [2.45, 2.75) is 12.8 Å². The van der Waals surface area contributed by atoms with Crippen molar-refractivity contribution in [2.75, 3.05) is 32.2 Å². The van der Waals surface area contributed by atoms with Crippen LogP contribution in [0.15, 0.2) is 6.20 Å². The van der Waals surface area contributed by atoms with Crippen LogP contribution < -0.4 is 14.7 Å². The van der Waals surface area contributed by atoms with Gasteiger partial charge >= 0.3 is 0 Å². The first-order valence-electron chi connectivity index (χ1n) is 5.56. The molecule has 0 aliphatic carbocycles. The lowest BCUT2D eigenvalue weighted by Gasteiger charge is -2.17. The van der Waals surface area contributed by atoms with Crippen molar-refractivity contribution >= 4 is 5.82 Å². The molecule has 88 valence electrons. The Hall–Kier alpha value is -1.36. The highest BCUT2D eigenvalue weighted by Crippen LogP contribution is 2.26. The smallest absolute Gasteiger partial charge is 0.238 e. The van der Waals surface area contributed by atoms with E-state index in [1.54, 1.807) is 11.8 Å². The maximum atomic E-state index is 5.70. The van der Waals surface area contributed by atoms with E-state index in [0.717, 1.165) is 31.0 Å². The molecule has 1 aromatic heterocycles. The highest BCUT2D eigenvalue weighted by Gasteiger charge is 2.20. The Morgan fingerprint density at radius 1 is 1.50 bits per heavy atom. The van der Waals surface area contributed by atoms with Gasteiger partial charge in [-0.3, -0.25) is 0 Å². The molecule has 0 radical (unpaired) electrons. The quantitative estimate of drug-likeness (QED) is 0.590. The van der Waals surface area contributed by atoms with E-state index in [-0.39, 0.29) is 0 Å². The van der Waals surface area contributed by atoms with E-state index >= 15 is 0 Å². The Bertz CT molecular complexity index is 368. The molecular weight excluding hydrogens is 206 g/mol. The molecule has 1 aromatic rings. The minimum absolute atomic E-state index is 0.576. The first kappa shape index (κ1) is 11.1. The van der Waals surface area contributed by atoms with Gasteiger partial charge in [0.15, 0.2) is 12.8 Å². The van der Waals surface area contributed by atoms with Crippen LogP contribution >= 0.6 is 0 Å². The number of rotatable bonds is 4. The van der Waals surface area contributed by atoms with Crippen LogP contribution in [0.5, 0.6) is 5.75 Å². The summed E-state index contributed by atoms with van der Waals surface area (Å²) in [6.07, 6.45) is 4.07. The molecule has 0 spiro atoms. The Morgan fingerprint density at radius 3 is 3.19 bits per heavy atom. The number of hydrogen-bond acceptors (Lipinski definition) is 4. The summed E-state index contributed by atoms with van der Waals surface area (Å²) in [7, 11) is 3.58. The third-order valence-electron chi connectivity index (χ3n) is 2.59. The molecule has 2 rings (SSSR count). The van der Waals surface area contributed by atoms with E-state index in [9.17, 15) is 0 Å². The van der Waals surface area contributed by atoms with Gasteiger partial charge in [-0.2, -0.15) is 0 Å². The van der Waals surface area contributed by atoms with Crippen LogP contribution in [0.3, 0.4) is 0 Å². The Balaban J connectivity index is 2.18. The molecule has 0 bridgehead atoms. The molecule has 0 amide bonds.